The summed E-state index contributed by atoms with van der Waals surface area (Å²) in [7, 11) is 0. The Morgan fingerprint density at radius 2 is 1.89 bits per heavy atom. The van der Waals surface area contributed by atoms with Crippen molar-refractivity contribution in [1.29, 1.82) is 0 Å². The summed E-state index contributed by atoms with van der Waals surface area (Å²) in [5, 5.41) is 8.35. The van der Waals surface area contributed by atoms with Gasteiger partial charge in [-0.1, -0.05) is 50.7 Å². The molecule has 100 valence electrons. The van der Waals surface area contributed by atoms with Crippen molar-refractivity contribution in [3.63, 3.8) is 0 Å². The van der Waals surface area contributed by atoms with E-state index in [0.29, 0.717) is 16.9 Å². The lowest BCUT2D eigenvalue weighted by molar-refractivity contribution is -0.123. The molecule has 0 aliphatic heterocycles. The van der Waals surface area contributed by atoms with Gasteiger partial charge < -0.3 is 4.42 Å². The minimum atomic E-state index is -0.338. The summed E-state index contributed by atoms with van der Waals surface area (Å²) in [6.07, 6.45) is 0. The summed E-state index contributed by atoms with van der Waals surface area (Å²) in [6, 6.07) is 9.56. The number of nitrogens with zero attached hydrogens (tertiary/aromatic N) is 2. The number of Topliss-reactive ketones (excluding diaryl/α,β-unsaturated/α-hetero) is 1. The first-order chi connectivity index (χ1) is 8.97. The molecule has 2 aromatic rings. The predicted molar refractivity (Wildman–Crippen MR) is 74.9 cm³/mol. The molecule has 0 aliphatic carbocycles. The Kier molecular flexibility index (Phi) is 4.04. The molecule has 0 saturated carbocycles. The highest BCUT2D eigenvalue weighted by Crippen LogP contribution is 2.25. The van der Waals surface area contributed by atoms with E-state index >= 15 is 0 Å². The van der Waals surface area contributed by atoms with Gasteiger partial charge in [-0.2, -0.15) is 0 Å². The van der Waals surface area contributed by atoms with E-state index in [2.05, 4.69) is 10.2 Å². The SMILES string of the molecule is CC(C)(C)C(=O)CSc1nnc(-c2ccccc2)o1. The van der Waals surface area contributed by atoms with Crippen LogP contribution in [0.2, 0.25) is 0 Å². The predicted octanol–water partition coefficient (Wildman–Crippen LogP) is 3.44. The van der Waals surface area contributed by atoms with Crippen molar-refractivity contribution >= 4 is 17.5 Å². The molecule has 5 heteroatoms. The first kappa shape index (κ1) is 13.8. The Bertz CT molecular complexity index is 558. The molecule has 0 bridgehead atoms. The molecule has 0 atom stereocenters. The summed E-state index contributed by atoms with van der Waals surface area (Å²) >= 11 is 1.28. The van der Waals surface area contributed by atoms with Crippen molar-refractivity contribution in [3.05, 3.63) is 30.3 Å². The number of carbonyl (C=O) groups is 1. The molecule has 0 radical (unpaired) electrons. The van der Waals surface area contributed by atoms with Crippen LogP contribution in [-0.4, -0.2) is 21.7 Å². The van der Waals surface area contributed by atoms with Gasteiger partial charge in [0, 0.05) is 11.0 Å². The van der Waals surface area contributed by atoms with Gasteiger partial charge in [0.25, 0.3) is 5.22 Å². The second-order valence-corrected chi connectivity index (χ2v) is 6.13. The highest BCUT2D eigenvalue weighted by atomic mass is 32.2. The molecule has 2 rings (SSSR count). The molecule has 0 saturated heterocycles. The highest BCUT2D eigenvalue weighted by Gasteiger charge is 2.22. The maximum absolute atomic E-state index is 11.8. The molecule has 1 aromatic heterocycles. The van der Waals surface area contributed by atoms with Gasteiger partial charge >= 0.3 is 0 Å². The summed E-state index contributed by atoms with van der Waals surface area (Å²) in [6.45, 7) is 5.71. The number of rotatable bonds is 4. The Labute approximate surface area is 116 Å². The van der Waals surface area contributed by atoms with Gasteiger partial charge in [-0.15, -0.1) is 10.2 Å². The maximum Gasteiger partial charge on any atom is 0.277 e. The van der Waals surface area contributed by atoms with Crippen LogP contribution in [0.4, 0.5) is 0 Å². The quantitative estimate of drug-likeness (QED) is 0.801. The molecule has 0 N–H and O–H groups in total. The van der Waals surface area contributed by atoms with Gasteiger partial charge in [0.15, 0.2) is 0 Å². The van der Waals surface area contributed by atoms with Crippen molar-refractivity contribution in [2.24, 2.45) is 5.41 Å². The summed E-state index contributed by atoms with van der Waals surface area (Å²) in [5.41, 5.74) is 0.541. The second kappa shape index (κ2) is 5.57. The fourth-order valence-corrected chi connectivity index (χ4v) is 2.23. The number of benzene rings is 1. The monoisotopic (exact) mass is 276 g/mol. The van der Waals surface area contributed by atoms with E-state index < -0.39 is 0 Å². The molecule has 0 aliphatic rings. The summed E-state index contributed by atoms with van der Waals surface area (Å²) < 4.78 is 5.52. The summed E-state index contributed by atoms with van der Waals surface area (Å²) in [5.74, 6) is 0.989. The third-order valence-electron chi connectivity index (χ3n) is 2.59. The maximum atomic E-state index is 11.8. The van der Waals surface area contributed by atoms with Crippen molar-refractivity contribution in [3.8, 4) is 11.5 Å². The van der Waals surface area contributed by atoms with E-state index in [4.69, 9.17) is 4.42 Å². The van der Waals surface area contributed by atoms with Crippen LogP contribution < -0.4 is 0 Å². The average Bonchev–Trinajstić information content (AvgIpc) is 2.84. The molecule has 0 unspecified atom stereocenters. The Balaban J connectivity index is 2.01. The molecule has 0 fully saturated rings. The van der Waals surface area contributed by atoms with Crippen LogP contribution in [0.25, 0.3) is 11.5 Å². The molecule has 0 spiro atoms. The van der Waals surface area contributed by atoms with Crippen LogP contribution in [0.3, 0.4) is 0 Å². The van der Waals surface area contributed by atoms with Crippen LogP contribution in [-0.2, 0) is 4.79 Å². The van der Waals surface area contributed by atoms with Crippen LogP contribution in [0.15, 0.2) is 40.0 Å². The third kappa shape index (κ3) is 3.67. The fraction of sp³-hybridized carbons (Fsp3) is 0.357. The van der Waals surface area contributed by atoms with Crippen molar-refractivity contribution in [1.82, 2.24) is 10.2 Å². The first-order valence-corrected chi connectivity index (χ1v) is 7.00. The standard InChI is InChI=1S/C14H16N2O2S/c1-14(2,3)11(17)9-19-13-16-15-12(18-13)10-7-5-4-6-8-10/h4-8H,9H2,1-3H3. The first-order valence-electron chi connectivity index (χ1n) is 6.02. The summed E-state index contributed by atoms with van der Waals surface area (Å²) in [4.78, 5) is 11.8. The average molecular weight is 276 g/mol. The Hall–Kier alpha value is -1.62. The van der Waals surface area contributed by atoms with Gasteiger partial charge in [0.1, 0.15) is 5.78 Å². The van der Waals surface area contributed by atoms with Crippen molar-refractivity contribution in [2.75, 3.05) is 5.75 Å². The van der Waals surface area contributed by atoms with Crippen LogP contribution >= 0.6 is 11.8 Å². The van der Waals surface area contributed by atoms with E-state index in [1.54, 1.807) is 0 Å². The third-order valence-corrected chi connectivity index (χ3v) is 3.41. The largest absolute Gasteiger partial charge is 0.411 e. The molecule has 1 heterocycles. The Morgan fingerprint density at radius 1 is 1.21 bits per heavy atom. The molecule has 0 amide bonds. The zero-order valence-electron chi connectivity index (χ0n) is 11.2. The van der Waals surface area contributed by atoms with Gasteiger partial charge in [-0.05, 0) is 12.1 Å². The van der Waals surface area contributed by atoms with Gasteiger partial charge in [0.2, 0.25) is 5.89 Å². The molecular weight excluding hydrogens is 260 g/mol. The zero-order chi connectivity index (χ0) is 13.9. The van der Waals surface area contributed by atoms with Crippen molar-refractivity contribution in [2.45, 2.75) is 26.0 Å². The number of ketones is 1. The van der Waals surface area contributed by atoms with E-state index in [9.17, 15) is 4.79 Å². The molecular formula is C14H16N2O2S. The number of hydrogen-bond donors (Lipinski definition) is 0. The lowest BCUT2D eigenvalue weighted by Crippen LogP contribution is -2.21. The topological polar surface area (TPSA) is 56.0 Å². The minimum absolute atomic E-state index is 0.164. The van der Waals surface area contributed by atoms with E-state index in [0.717, 1.165) is 5.56 Å². The lowest BCUT2D eigenvalue weighted by Gasteiger charge is -2.14. The van der Waals surface area contributed by atoms with Crippen LogP contribution in [0, 0.1) is 5.41 Å². The lowest BCUT2D eigenvalue weighted by atomic mass is 9.92. The smallest absolute Gasteiger partial charge is 0.277 e. The number of thioether (sulfide) groups is 1. The van der Waals surface area contributed by atoms with Crippen molar-refractivity contribution < 1.29 is 9.21 Å². The number of carbonyl (C=O) groups excluding carboxylic acids is 1. The van der Waals surface area contributed by atoms with Gasteiger partial charge in [0.05, 0.1) is 5.75 Å². The zero-order valence-corrected chi connectivity index (χ0v) is 12.0. The molecule has 19 heavy (non-hydrogen) atoms. The molecule has 1 aromatic carbocycles. The van der Waals surface area contributed by atoms with E-state index in [1.165, 1.54) is 11.8 Å². The normalized spacial score (nSPS) is 11.5. The number of aromatic nitrogens is 2. The second-order valence-electron chi connectivity index (χ2n) is 5.20. The highest BCUT2D eigenvalue weighted by molar-refractivity contribution is 7.99. The fourth-order valence-electron chi connectivity index (χ4n) is 1.31. The Morgan fingerprint density at radius 3 is 2.53 bits per heavy atom. The molecule has 4 nitrogen and oxygen atoms in total. The van der Waals surface area contributed by atoms with Gasteiger partial charge in [-0.3, -0.25) is 4.79 Å². The van der Waals surface area contributed by atoms with Crippen LogP contribution in [0.5, 0.6) is 0 Å². The minimum Gasteiger partial charge on any atom is -0.411 e. The van der Waals surface area contributed by atoms with E-state index in [-0.39, 0.29) is 11.2 Å². The number of hydrogen-bond acceptors (Lipinski definition) is 5. The van der Waals surface area contributed by atoms with E-state index in [1.807, 2.05) is 51.1 Å². The van der Waals surface area contributed by atoms with Gasteiger partial charge in [-0.25, -0.2) is 0 Å². The van der Waals surface area contributed by atoms with Crippen LogP contribution in [0.1, 0.15) is 20.8 Å².